The van der Waals surface area contributed by atoms with Crippen LogP contribution >= 0.6 is 11.6 Å². The number of carbonyl (C=O) groups is 1. The lowest BCUT2D eigenvalue weighted by molar-refractivity contribution is -0.120. The normalized spacial score (nSPS) is 15.4. The van der Waals surface area contributed by atoms with Gasteiger partial charge in [-0.25, -0.2) is 8.42 Å². The van der Waals surface area contributed by atoms with Crippen molar-refractivity contribution in [3.05, 3.63) is 58.1 Å². The quantitative estimate of drug-likeness (QED) is 0.694. The molecule has 1 fully saturated rings. The van der Waals surface area contributed by atoms with Crippen molar-refractivity contribution in [1.82, 2.24) is 4.31 Å². The Hall–Kier alpha value is -2.40. The van der Waals surface area contributed by atoms with Gasteiger partial charge in [-0.3, -0.25) is 4.79 Å². The number of hydrogen-bond donors (Lipinski definition) is 1. The summed E-state index contributed by atoms with van der Waals surface area (Å²) in [4.78, 5) is 13.0. The maximum absolute atomic E-state index is 13.0. The smallest absolute Gasteiger partial charge is 0.244 e. The fourth-order valence-corrected chi connectivity index (χ4v) is 5.88. The van der Waals surface area contributed by atoms with E-state index in [9.17, 15) is 18.5 Å². The molecule has 0 bridgehead atoms. The van der Waals surface area contributed by atoms with Crippen molar-refractivity contribution < 1.29 is 13.2 Å². The molecular formula is C23H26ClN3O3S. The van der Waals surface area contributed by atoms with E-state index < -0.39 is 10.0 Å². The SMILES string of the molecule is CCc1ccc(Cl)c(CC)c1NC(=O)C1CCN(S(=O)(=O)c2ccccc2C#N)CC1. The van der Waals surface area contributed by atoms with E-state index in [1.807, 2.05) is 32.0 Å². The Bertz CT molecular complexity index is 1120. The number of anilines is 1. The minimum atomic E-state index is -3.78. The van der Waals surface area contributed by atoms with Gasteiger partial charge in [-0.05, 0) is 55.0 Å². The van der Waals surface area contributed by atoms with Crippen molar-refractivity contribution >= 4 is 33.2 Å². The van der Waals surface area contributed by atoms with Crippen LogP contribution in [0.25, 0.3) is 0 Å². The number of aryl methyl sites for hydroxylation is 1. The molecule has 2 aromatic carbocycles. The number of nitriles is 1. The molecule has 0 unspecified atom stereocenters. The van der Waals surface area contributed by atoms with E-state index in [1.54, 1.807) is 12.1 Å². The van der Waals surface area contributed by atoms with Crippen LogP contribution in [0.3, 0.4) is 0 Å². The number of halogens is 1. The van der Waals surface area contributed by atoms with Crippen LogP contribution in [-0.2, 0) is 27.7 Å². The average Bonchev–Trinajstić information content (AvgIpc) is 2.79. The fraction of sp³-hybridized carbons (Fsp3) is 0.391. The number of benzene rings is 2. The summed E-state index contributed by atoms with van der Waals surface area (Å²) < 4.78 is 27.4. The van der Waals surface area contributed by atoms with Crippen molar-refractivity contribution in [1.29, 1.82) is 5.26 Å². The van der Waals surface area contributed by atoms with Gasteiger partial charge >= 0.3 is 0 Å². The van der Waals surface area contributed by atoms with Crippen LogP contribution in [0.15, 0.2) is 41.3 Å². The van der Waals surface area contributed by atoms with E-state index in [0.29, 0.717) is 24.3 Å². The second-order valence-electron chi connectivity index (χ2n) is 7.54. The van der Waals surface area contributed by atoms with Gasteiger partial charge in [0.15, 0.2) is 0 Å². The minimum absolute atomic E-state index is 0.0134. The number of hydrogen-bond acceptors (Lipinski definition) is 4. The third-order valence-corrected chi connectivity index (χ3v) is 8.09. The molecule has 0 aromatic heterocycles. The summed E-state index contributed by atoms with van der Waals surface area (Å²) in [6.07, 6.45) is 2.32. The molecule has 1 amide bonds. The predicted octanol–water partition coefficient (Wildman–Crippen LogP) is 4.38. The lowest BCUT2D eigenvalue weighted by Gasteiger charge is -2.31. The molecule has 6 nitrogen and oxygen atoms in total. The molecule has 1 saturated heterocycles. The molecule has 0 atom stereocenters. The molecule has 0 radical (unpaired) electrons. The van der Waals surface area contributed by atoms with E-state index in [2.05, 4.69) is 5.32 Å². The van der Waals surface area contributed by atoms with Crippen LogP contribution in [0.4, 0.5) is 5.69 Å². The van der Waals surface area contributed by atoms with Gasteiger partial charge in [0, 0.05) is 29.7 Å². The van der Waals surface area contributed by atoms with Crippen LogP contribution in [0.2, 0.25) is 5.02 Å². The number of amides is 1. The Morgan fingerprint density at radius 1 is 1.16 bits per heavy atom. The van der Waals surface area contributed by atoms with Gasteiger partial charge in [0.2, 0.25) is 15.9 Å². The predicted molar refractivity (Wildman–Crippen MR) is 121 cm³/mol. The first-order chi connectivity index (χ1) is 14.8. The van der Waals surface area contributed by atoms with Gasteiger partial charge in [-0.1, -0.05) is 43.6 Å². The van der Waals surface area contributed by atoms with E-state index in [1.165, 1.54) is 16.4 Å². The summed E-state index contributed by atoms with van der Waals surface area (Å²) in [5, 5.41) is 12.9. The Balaban J connectivity index is 1.73. The zero-order valence-corrected chi connectivity index (χ0v) is 19.3. The molecule has 1 aliphatic rings. The molecule has 1 aliphatic heterocycles. The standard InChI is InChI=1S/C23H26ClN3O3S/c1-3-16-9-10-20(24)19(4-2)22(16)26-23(28)17-11-13-27(14-12-17)31(29,30)21-8-6-5-7-18(21)15-25/h5-10,17H,3-4,11-14H2,1-2H3,(H,26,28). The molecule has 0 aliphatic carbocycles. The van der Waals surface area contributed by atoms with Crippen LogP contribution < -0.4 is 5.32 Å². The molecule has 1 heterocycles. The Labute approximate surface area is 188 Å². The molecule has 0 spiro atoms. The second kappa shape index (κ2) is 9.82. The van der Waals surface area contributed by atoms with Crippen molar-refractivity contribution in [2.45, 2.75) is 44.4 Å². The minimum Gasteiger partial charge on any atom is -0.325 e. The third kappa shape index (κ3) is 4.77. The Kier molecular flexibility index (Phi) is 7.37. The molecule has 8 heteroatoms. The van der Waals surface area contributed by atoms with E-state index in [0.717, 1.165) is 23.2 Å². The van der Waals surface area contributed by atoms with Crippen LogP contribution in [0, 0.1) is 17.2 Å². The Morgan fingerprint density at radius 3 is 2.45 bits per heavy atom. The topological polar surface area (TPSA) is 90.3 Å². The highest BCUT2D eigenvalue weighted by Gasteiger charge is 2.33. The summed E-state index contributed by atoms with van der Waals surface area (Å²) in [5.74, 6) is -0.396. The van der Waals surface area contributed by atoms with Gasteiger partial charge in [-0.2, -0.15) is 9.57 Å². The molecule has 164 valence electrons. The van der Waals surface area contributed by atoms with Crippen molar-refractivity contribution in [3.63, 3.8) is 0 Å². The molecular weight excluding hydrogens is 434 g/mol. The number of nitrogens with one attached hydrogen (secondary N) is 1. The van der Waals surface area contributed by atoms with Gasteiger partial charge in [-0.15, -0.1) is 0 Å². The fourth-order valence-electron chi connectivity index (χ4n) is 3.97. The monoisotopic (exact) mass is 459 g/mol. The van der Waals surface area contributed by atoms with Crippen LogP contribution in [0.1, 0.15) is 43.4 Å². The van der Waals surface area contributed by atoms with Gasteiger partial charge in [0.05, 0.1) is 10.5 Å². The highest BCUT2D eigenvalue weighted by molar-refractivity contribution is 7.89. The van der Waals surface area contributed by atoms with Crippen molar-refractivity contribution in [2.24, 2.45) is 5.92 Å². The maximum atomic E-state index is 13.0. The highest BCUT2D eigenvalue weighted by atomic mass is 35.5. The first-order valence-electron chi connectivity index (χ1n) is 10.4. The van der Waals surface area contributed by atoms with E-state index in [-0.39, 0.29) is 35.4 Å². The summed E-state index contributed by atoms with van der Waals surface area (Å²) in [6.45, 7) is 4.49. The second-order valence-corrected chi connectivity index (χ2v) is 9.86. The third-order valence-electron chi connectivity index (χ3n) is 5.77. The summed E-state index contributed by atoms with van der Waals surface area (Å²) in [6, 6.07) is 11.9. The number of nitrogens with zero attached hydrogens (tertiary/aromatic N) is 2. The average molecular weight is 460 g/mol. The molecule has 0 saturated carbocycles. The maximum Gasteiger partial charge on any atom is 0.244 e. The van der Waals surface area contributed by atoms with E-state index in [4.69, 9.17) is 11.6 Å². The largest absolute Gasteiger partial charge is 0.325 e. The summed E-state index contributed by atoms with van der Waals surface area (Å²) >= 11 is 6.33. The molecule has 1 N–H and O–H groups in total. The number of rotatable bonds is 6. The molecule has 31 heavy (non-hydrogen) atoms. The first-order valence-corrected chi connectivity index (χ1v) is 12.3. The highest BCUT2D eigenvalue weighted by Crippen LogP contribution is 2.31. The number of carbonyl (C=O) groups excluding carboxylic acids is 1. The molecule has 3 rings (SSSR count). The number of sulfonamides is 1. The lowest BCUT2D eigenvalue weighted by Crippen LogP contribution is -2.41. The van der Waals surface area contributed by atoms with Crippen molar-refractivity contribution in [2.75, 3.05) is 18.4 Å². The zero-order valence-electron chi connectivity index (χ0n) is 17.7. The first kappa shape index (κ1) is 23.3. The summed E-state index contributed by atoms with van der Waals surface area (Å²) in [5.41, 5.74) is 2.85. The number of piperidine rings is 1. The van der Waals surface area contributed by atoms with Crippen LogP contribution in [0.5, 0.6) is 0 Å². The molecule has 2 aromatic rings. The van der Waals surface area contributed by atoms with Gasteiger partial charge in [0.1, 0.15) is 6.07 Å². The Morgan fingerprint density at radius 2 is 1.84 bits per heavy atom. The van der Waals surface area contributed by atoms with Gasteiger partial charge < -0.3 is 5.32 Å². The zero-order chi connectivity index (χ0) is 22.6. The van der Waals surface area contributed by atoms with E-state index >= 15 is 0 Å². The van der Waals surface area contributed by atoms with Crippen LogP contribution in [-0.4, -0.2) is 31.7 Å². The van der Waals surface area contributed by atoms with Gasteiger partial charge in [0.25, 0.3) is 0 Å². The lowest BCUT2D eigenvalue weighted by atomic mass is 9.96. The summed E-state index contributed by atoms with van der Waals surface area (Å²) in [7, 11) is -3.78. The van der Waals surface area contributed by atoms with Crippen molar-refractivity contribution in [3.8, 4) is 6.07 Å².